The van der Waals surface area contributed by atoms with Crippen molar-refractivity contribution in [1.82, 2.24) is 0 Å². The molecule has 4 unspecified atom stereocenters. The van der Waals surface area contributed by atoms with Crippen LogP contribution in [-0.4, -0.2) is 0 Å². The van der Waals surface area contributed by atoms with Gasteiger partial charge in [-0.05, 0) is 62.7 Å². The molecule has 6 rings (SSSR count). The van der Waals surface area contributed by atoms with E-state index in [4.69, 9.17) is 0 Å². The Labute approximate surface area is 236 Å². The molecule has 0 nitrogen and oxygen atoms in total. The Kier molecular flexibility index (Phi) is 6.29. The van der Waals surface area contributed by atoms with Crippen LogP contribution in [0.25, 0.3) is 0 Å². The normalized spacial score (nSPS) is 26.6. The van der Waals surface area contributed by atoms with Crippen molar-refractivity contribution in [2.45, 2.75) is 47.0 Å². The van der Waals surface area contributed by atoms with Crippen LogP contribution in [0.1, 0.15) is 58.2 Å². The first-order valence-electron chi connectivity index (χ1n) is 14.8. The molecule has 200 valence electrons. The number of benzene rings is 2. The van der Waals surface area contributed by atoms with Gasteiger partial charge in [-0.1, -0.05) is 139 Å². The molecule has 0 bridgehead atoms. The van der Waals surface area contributed by atoms with E-state index in [1.54, 1.807) is 0 Å². The van der Waals surface area contributed by atoms with Crippen molar-refractivity contribution in [3.8, 4) is 0 Å². The molecule has 0 heteroatoms. The topological polar surface area (TPSA) is 0 Å². The van der Waals surface area contributed by atoms with Crippen molar-refractivity contribution in [2.24, 2.45) is 40.4 Å². The van der Waals surface area contributed by atoms with Gasteiger partial charge in [-0.15, -0.1) is 0 Å². The highest BCUT2D eigenvalue weighted by atomic mass is 14.6. The standard InChI is InChI=1S/C39H43/c1-37(2,3)30-21-23-32-33-24-22-31(38(4,5)6)26-35(33)36(34(32)25-30)39(29-19-13-14-20-29,27-15-9-7-10-16-27)28-17-11-8-12-18-28/h7-26,32-36H,1-6H3/q-1. The van der Waals surface area contributed by atoms with Gasteiger partial charge >= 0.3 is 0 Å². The summed E-state index contributed by atoms with van der Waals surface area (Å²) in [4.78, 5) is 0. The molecule has 1 saturated carbocycles. The van der Waals surface area contributed by atoms with Gasteiger partial charge in [0.25, 0.3) is 0 Å². The number of fused-ring (bicyclic) bond motifs is 3. The van der Waals surface area contributed by atoms with Crippen molar-refractivity contribution in [1.29, 1.82) is 0 Å². The molecule has 0 aromatic heterocycles. The Bertz CT molecular complexity index is 1320. The molecule has 0 aliphatic heterocycles. The van der Waals surface area contributed by atoms with Crippen LogP contribution in [0.2, 0.25) is 0 Å². The average Bonchev–Trinajstić information content (AvgIpc) is 3.57. The van der Waals surface area contributed by atoms with E-state index in [0.29, 0.717) is 29.6 Å². The monoisotopic (exact) mass is 511 g/mol. The summed E-state index contributed by atoms with van der Waals surface area (Å²) >= 11 is 0. The second-order valence-electron chi connectivity index (χ2n) is 14.0. The predicted octanol–water partition coefficient (Wildman–Crippen LogP) is 9.92. The number of hydrogen-bond acceptors (Lipinski definition) is 0. The lowest BCUT2D eigenvalue weighted by Crippen LogP contribution is -2.43. The van der Waals surface area contributed by atoms with E-state index >= 15 is 0 Å². The number of rotatable bonds is 4. The van der Waals surface area contributed by atoms with Gasteiger partial charge in [-0.3, -0.25) is 0 Å². The third-order valence-corrected chi connectivity index (χ3v) is 9.71. The predicted molar refractivity (Wildman–Crippen MR) is 166 cm³/mol. The maximum Gasteiger partial charge on any atom is 0.0262 e. The van der Waals surface area contributed by atoms with Crippen LogP contribution in [0.3, 0.4) is 0 Å². The van der Waals surface area contributed by atoms with E-state index in [0.717, 1.165) is 0 Å². The second-order valence-corrected chi connectivity index (χ2v) is 14.0. The largest absolute Gasteiger partial charge is 0.213 e. The zero-order valence-corrected chi connectivity index (χ0v) is 24.4. The summed E-state index contributed by atoms with van der Waals surface area (Å²) in [5.74, 6) is 2.19. The third kappa shape index (κ3) is 4.24. The molecule has 0 heterocycles. The first-order valence-corrected chi connectivity index (χ1v) is 14.8. The number of allylic oxidation sites excluding steroid dienone is 8. The molecule has 3 aromatic carbocycles. The maximum absolute atomic E-state index is 2.68. The summed E-state index contributed by atoms with van der Waals surface area (Å²) in [5, 5.41) is 0. The molecular weight excluding hydrogens is 468 g/mol. The molecule has 3 aliphatic carbocycles. The van der Waals surface area contributed by atoms with E-state index in [9.17, 15) is 0 Å². The van der Waals surface area contributed by atoms with E-state index < -0.39 is 0 Å². The van der Waals surface area contributed by atoms with Crippen molar-refractivity contribution in [3.63, 3.8) is 0 Å². The van der Waals surface area contributed by atoms with E-state index in [1.165, 1.54) is 27.8 Å². The quantitative estimate of drug-likeness (QED) is 0.306. The molecule has 4 atom stereocenters. The van der Waals surface area contributed by atoms with E-state index in [2.05, 4.69) is 163 Å². The molecule has 0 N–H and O–H groups in total. The van der Waals surface area contributed by atoms with Crippen LogP contribution in [0, 0.1) is 40.4 Å². The van der Waals surface area contributed by atoms with Crippen LogP contribution in [-0.2, 0) is 5.41 Å². The fraction of sp³-hybridized carbons (Fsp3) is 0.359. The first-order chi connectivity index (χ1) is 18.6. The van der Waals surface area contributed by atoms with Gasteiger partial charge in [0.05, 0.1) is 0 Å². The average molecular weight is 512 g/mol. The van der Waals surface area contributed by atoms with Crippen molar-refractivity contribution >= 4 is 0 Å². The molecule has 0 saturated heterocycles. The summed E-state index contributed by atoms with van der Waals surface area (Å²) in [5.41, 5.74) is 7.09. The lowest BCUT2D eigenvalue weighted by molar-refractivity contribution is 0.265. The van der Waals surface area contributed by atoms with Crippen molar-refractivity contribution in [2.75, 3.05) is 0 Å². The van der Waals surface area contributed by atoms with Gasteiger partial charge in [0.15, 0.2) is 0 Å². The number of hydrogen-bond donors (Lipinski definition) is 0. The van der Waals surface area contributed by atoms with E-state index in [1.807, 2.05) is 0 Å². The highest BCUT2D eigenvalue weighted by Crippen LogP contribution is 2.63. The van der Waals surface area contributed by atoms with Gasteiger partial charge in [0.2, 0.25) is 0 Å². The maximum atomic E-state index is 2.68. The van der Waals surface area contributed by atoms with Crippen molar-refractivity contribution < 1.29 is 0 Å². The lowest BCUT2D eigenvalue weighted by Gasteiger charge is -2.48. The fourth-order valence-electron chi connectivity index (χ4n) is 7.84. The van der Waals surface area contributed by atoms with Crippen LogP contribution < -0.4 is 0 Å². The Morgan fingerprint density at radius 1 is 0.538 bits per heavy atom. The Morgan fingerprint density at radius 3 is 1.38 bits per heavy atom. The molecule has 0 amide bonds. The second kappa shape index (κ2) is 9.44. The minimum Gasteiger partial charge on any atom is -0.213 e. The molecule has 3 aromatic rings. The van der Waals surface area contributed by atoms with Crippen LogP contribution in [0.15, 0.2) is 133 Å². The Balaban J connectivity index is 1.69. The third-order valence-electron chi connectivity index (χ3n) is 9.71. The molecule has 0 radical (unpaired) electrons. The van der Waals surface area contributed by atoms with Gasteiger partial charge in [0.1, 0.15) is 0 Å². The van der Waals surface area contributed by atoms with Gasteiger partial charge in [-0.2, -0.15) is 17.7 Å². The van der Waals surface area contributed by atoms with Gasteiger partial charge in [0, 0.05) is 5.41 Å². The summed E-state index contributed by atoms with van der Waals surface area (Å²) in [6.45, 7) is 14.1. The fourth-order valence-corrected chi connectivity index (χ4v) is 7.84. The van der Waals surface area contributed by atoms with Crippen molar-refractivity contribution in [3.05, 3.63) is 149 Å². The SMILES string of the molecule is CC(C)(C)C1=CC2C(C=C1)C1C=CC(C(C)(C)C)=CC1C2C(c1ccccc1)(c1ccccc1)c1ccc[cH-]1. The Morgan fingerprint density at radius 2 is 1.00 bits per heavy atom. The summed E-state index contributed by atoms with van der Waals surface area (Å²) < 4.78 is 0. The molecule has 0 spiro atoms. The highest BCUT2D eigenvalue weighted by molar-refractivity contribution is 5.55. The van der Waals surface area contributed by atoms with Gasteiger partial charge < -0.3 is 0 Å². The zero-order valence-electron chi connectivity index (χ0n) is 24.4. The Hall–Kier alpha value is -3.25. The van der Waals surface area contributed by atoms with Crippen LogP contribution in [0.4, 0.5) is 0 Å². The summed E-state index contributed by atoms with van der Waals surface area (Å²) in [7, 11) is 0. The molecule has 1 fully saturated rings. The highest BCUT2D eigenvalue weighted by Gasteiger charge is 2.57. The smallest absolute Gasteiger partial charge is 0.0262 e. The van der Waals surface area contributed by atoms with Gasteiger partial charge in [-0.25, -0.2) is 12.1 Å². The minimum absolute atomic E-state index is 0.116. The minimum atomic E-state index is -0.274. The zero-order chi connectivity index (χ0) is 27.4. The summed E-state index contributed by atoms with van der Waals surface area (Å²) in [6.07, 6.45) is 15.4. The molecule has 39 heavy (non-hydrogen) atoms. The first kappa shape index (κ1) is 26.0. The van der Waals surface area contributed by atoms with Crippen LogP contribution in [0.5, 0.6) is 0 Å². The van der Waals surface area contributed by atoms with E-state index in [-0.39, 0.29) is 16.2 Å². The summed E-state index contributed by atoms with van der Waals surface area (Å²) in [6, 6.07) is 32.0. The molecule has 3 aliphatic rings. The molecular formula is C39H43-. The van der Waals surface area contributed by atoms with Crippen LogP contribution >= 0.6 is 0 Å². The lowest BCUT2D eigenvalue weighted by atomic mass is 9.56.